The Balaban J connectivity index is 1.77. The maximum absolute atomic E-state index is 6.04. The summed E-state index contributed by atoms with van der Waals surface area (Å²) in [5.41, 5.74) is 0.992. The number of rotatable bonds is 8. The largest absolute Gasteiger partial charge is 0.477 e. The van der Waals surface area contributed by atoms with Crippen molar-refractivity contribution in [3.8, 4) is 5.88 Å². The van der Waals surface area contributed by atoms with Crippen molar-refractivity contribution in [2.45, 2.75) is 44.9 Å². The number of piperidine rings is 1. The summed E-state index contributed by atoms with van der Waals surface area (Å²) in [5.74, 6) is 2.12. The van der Waals surface area contributed by atoms with Crippen LogP contribution in [-0.4, -0.2) is 41.1 Å². The summed E-state index contributed by atoms with van der Waals surface area (Å²) in [5, 5.41) is 1.02. The predicted octanol–water partition coefficient (Wildman–Crippen LogP) is 4.56. The molecule has 25 heavy (non-hydrogen) atoms. The van der Waals surface area contributed by atoms with Crippen LogP contribution in [0.4, 0.5) is 0 Å². The fraction of sp³-hybridized carbons (Fsp3) is 0.524. The van der Waals surface area contributed by atoms with Crippen LogP contribution >= 0.6 is 0 Å². The number of fused-ring (bicyclic) bond motifs is 1. The minimum atomic E-state index is 0.420. The zero-order chi connectivity index (χ0) is 17.5. The number of unbranched alkanes of at least 4 members (excludes halogenated alkanes) is 2. The van der Waals surface area contributed by atoms with E-state index >= 15 is 0 Å². The quantitative estimate of drug-likeness (QED) is 0.522. The van der Waals surface area contributed by atoms with Crippen LogP contribution in [0.5, 0.6) is 5.88 Å². The van der Waals surface area contributed by atoms with Gasteiger partial charge < -0.3 is 4.74 Å². The molecule has 1 saturated heterocycles. The molecule has 0 spiro atoms. The maximum atomic E-state index is 6.04. The van der Waals surface area contributed by atoms with Crippen molar-refractivity contribution in [2.75, 3.05) is 26.2 Å². The van der Waals surface area contributed by atoms with Gasteiger partial charge in [-0.25, -0.2) is 4.98 Å². The highest BCUT2D eigenvalue weighted by atomic mass is 16.5. The highest BCUT2D eigenvalue weighted by Crippen LogP contribution is 2.30. The van der Waals surface area contributed by atoms with Crippen LogP contribution in [0.15, 0.2) is 36.9 Å². The van der Waals surface area contributed by atoms with E-state index in [0.717, 1.165) is 68.1 Å². The molecule has 1 aromatic carbocycles. The highest BCUT2D eigenvalue weighted by molar-refractivity contribution is 5.83. The second-order valence-electron chi connectivity index (χ2n) is 6.82. The summed E-state index contributed by atoms with van der Waals surface area (Å²) in [6.45, 7) is 9.91. The maximum Gasteiger partial charge on any atom is 0.224 e. The molecule has 0 amide bonds. The van der Waals surface area contributed by atoms with Crippen molar-refractivity contribution >= 4 is 10.9 Å². The van der Waals surface area contributed by atoms with E-state index in [1.54, 1.807) is 0 Å². The highest BCUT2D eigenvalue weighted by Gasteiger charge is 2.23. The van der Waals surface area contributed by atoms with Gasteiger partial charge in [0.05, 0.1) is 17.5 Å². The van der Waals surface area contributed by atoms with E-state index in [1.807, 2.05) is 18.2 Å². The molecule has 0 radical (unpaired) electrons. The van der Waals surface area contributed by atoms with E-state index in [1.165, 1.54) is 12.8 Å². The second-order valence-corrected chi connectivity index (χ2v) is 6.82. The lowest BCUT2D eigenvalue weighted by molar-refractivity contribution is 0.228. The minimum Gasteiger partial charge on any atom is -0.477 e. The normalized spacial score (nSPS) is 16.2. The lowest BCUT2D eigenvalue weighted by Gasteiger charge is -2.30. The first-order chi connectivity index (χ1) is 12.3. The number of hydrogen-bond donors (Lipinski definition) is 0. The molecule has 2 aromatic rings. The Morgan fingerprint density at radius 1 is 1.20 bits per heavy atom. The fourth-order valence-corrected chi connectivity index (χ4v) is 3.43. The number of nitrogens with zero attached hydrogens (tertiary/aromatic N) is 3. The van der Waals surface area contributed by atoms with Crippen LogP contribution in [0, 0.1) is 0 Å². The van der Waals surface area contributed by atoms with Crippen LogP contribution < -0.4 is 4.74 Å². The van der Waals surface area contributed by atoms with Crippen molar-refractivity contribution in [1.82, 2.24) is 14.9 Å². The lowest BCUT2D eigenvalue weighted by Crippen LogP contribution is -2.33. The molecule has 4 heteroatoms. The van der Waals surface area contributed by atoms with Crippen LogP contribution in [-0.2, 0) is 0 Å². The molecule has 134 valence electrons. The molecule has 1 fully saturated rings. The van der Waals surface area contributed by atoms with E-state index in [0.29, 0.717) is 5.92 Å². The molecule has 3 rings (SSSR count). The zero-order valence-electron chi connectivity index (χ0n) is 15.3. The zero-order valence-corrected chi connectivity index (χ0v) is 15.3. The number of hydrogen-bond acceptors (Lipinski definition) is 4. The molecule has 0 unspecified atom stereocenters. The van der Waals surface area contributed by atoms with Crippen molar-refractivity contribution in [3.05, 3.63) is 42.7 Å². The summed E-state index contributed by atoms with van der Waals surface area (Å²) in [4.78, 5) is 12.1. The molecule has 1 aromatic heterocycles. The van der Waals surface area contributed by atoms with Gasteiger partial charge in [-0.2, -0.15) is 4.98 Å². The van der Waals surface area contributed by atoms with E-state index in [4.69, 9.17) is 14.7 Å². The molecular weight excluding hydrogens is 310 g/mol. The first kappa shape index (κ1) is 17.9. The summed E-state index contributed by atoms with van der Waals surface area (Å²) in [7, 11) is 0. The molecule has 2 heterocycles. The van der Waals surface area contributed by atoms with E-state index in [9.17, 15) is 0 Å². The monoisotopic (exact) mass is 339 g/mol. The van der Waals surface area contributed by atoms with Gasteiger partial charge in [0.25, 0.3) is 0 Å². The smallest absolute Gasteiger partial charge is 0.224 e. The number of para-hydroxylation sites is 1. The average molecular weight is 339 g/mol. The predicted molar refractivity (Wildman–Crippen MR) is 103 cm³/mol. The molecule has 1 aliphatic rings. The van der Waals surface area contributed by atoms with E-state index in [-0.39, 0.29) is 0 Å². The topological polar surface area (TPSA) is 38.2 Å². The van der Waals surface area contributed by atoms with E-state index < -0.39 is 0 Å². The van der Waals surface area contributed by atoms with Crippen LogP contribution in [0.3, 0.4) is 0 Å². The number of likely N-dealkylation sites (tertiary alicyclic amines) is 1. The number of aromatic nitrogens is 2. The van der Waals surface area contributed by atoms with Gasteiger partial charge in [0.1, 0.15) is 5.82 Å². The third kappa shape index (κ3) is 4.57. The van der Waals surface area contributed by atoms with Crippen molar-refractivity contribution in [2.24, 2.45) is 0 Å². The van der Waals surface area contributed by atoms with Crippen LogP contribution in [0.2, 0.25) is 0 Å². The van der Waals surface area contributed by atoms with E-state index in [2.05, 4.69) is 30.5 Å². The van der Waals surface area contributed by atoms with Gasteiger partial charge in [0.2, 0.25) is 5.88 Å². The summed E-state index contributed by atoms with van der Waals surface area (Å²) >= 11 is 0. The number of ether oxygens (including phenoxy) is 1. The Labute approximate surface area is 150 Å². The third-order valence-corrected chi connectivity index (χ3v) is 4.91. The molecule has 0 bridgehead atoms. The Morgan fingerprint density at radius 3 is 2.76 bits per heavy atom. The SMILES string of the molecule is C=CCN1CCC(c2nc(OCCCCC)c3ccccc3n2)CC1. The third-order valence-electron chi connectivity index (χ3n) is 4.91. The summed E-state index contributed by atoms with van der Waals surface area (Å²) in [6.07, 6.45) is 7.64. The Kier molecular flexibility index (Phi) is 6.40. The Hall–Kier alpha value is -1.94. The molecular formula is C21H29N3O. The van der Waals surface area contributed by atoms with Crippen LogP contribution in [0.1, 0.15) is 50.8 Å². The molecule has 4 nitrogen and oxygen atoms in total. The van der Waals surface area contributed by atoms with Crippen LogP contribution in [0.25, 0.3) is 10.9 Å². The first-order valence-corrected chi connectivity index (χ1v) is 9.54. The first-order valence-electron chi connectivity index (χ1n) is 9.54. The minimum absolute atomic E-state index is 0.420. The lowest BCUT2D eigenvalue weighted by atomic mass is 9.95. The van der Waals surface area contributed by atoms with Gasteiger partial charge in [0.15, 0.2) is 0 Å². The summed E-state index contributed by atoms with van der Waals surface area (Å²) in [6, 6.07) is 8.18. The molecule has 0 aliphatic carbocycles. The standard InChI is InChI=1S/C21H29N3O/c1-3-5-8-16-25-21-18-9-6-7-10-19(18)22-20(23-21)17-11-14-24(13-4-2)15-12-17/h4,6-7,9-10,17H,2-3,5,8,11-16H2,1H3. The van der Waals surface area contributed by atoms with Gasteiger partial charge in [-0.05, 0) is 44.5 Å². The molecule has 1 aliphatic heterocycles. The fourth-order valence-electron chi connectivity index (χ4n) is 3.43. The Bertz CT molecular complexity index is 693. The molecule has 0 N–H and O–H groups in total. The van der Waals surface area contributed by atoms with Gasteiger partial charge >= 0.3 is 0 Å². The second kappa shape index (κ2) is 8.95. The van der Waals surface area contributed by atoms with Crippen molar-refractivity contribution < 1.29 is 4.74 Å². The number of benzene rings is 1. The Morgan fingerprint density at radius 2 is 2.00 bits per heavy atom. The summed E-state index contributed by atoms with van der Waals surface area (Å²) < 4.78 is 6.04. The average Bonchev–Trinajstić information content (AvgIpc) is 2.66. The van der Waals surface area contributed by atoms with Gasteiger partial charge in [0, 0.05) is 12.5 Å². The van der Waals surface area contributed by atoms with Gasteiger partial charge in [-0.1, -0.05) is 38.0 Å². The van der Waals surface area contributed by atoms with Crippen molar-refractivity contribution in [1.29, 1.82) is 0 Å². The van der Waals surface area contributed by atoms with Crippen molar-refractivity contribution in [3.63, 3.8) is 0 Å². The molecule has 0 atom stereocenters. The van der Waals surface area contributed by atoms with Gasteiger partial charge in [-0.15, -0.1) is 6.58 Å². The van der Waals surface area contributed by atoms with Gasteiger partial charge in [-0.3, -0.25) is 4.90 Å². The molecule has 0 saturated carbocycles.